The second-order valence-corrected chi connectivity index (χ2v) is 9.19. The van der Waals surface area contributed by atoms with E-state index in [1.165, 1.54) is 0 Å². The van der Waals surface area contributed by atoms with Crippen LogP contribution in [0, 0.1) is 5.41 Å². The summed E-state index contributed by atoms with van der Waals surface area (Å²) < 4.78 is 6.03. The summed E-state index contributed by atoms with van der Waals surface area (Å²) in [7, 11) is 0. The van der Waals surface area contributed by atoms with E-state index in [2.05, 4.69) is 17.9 Å². The maximum atomic E-state index is 13.7. The van der Waals surface area contributed by atoms with Crippen molar-refractivity contribution in [3.8, 4) is 5.75 Å². The molecule has 32 heavy (non-hydrogen) atoms. The van der Waals surface area contributed by atoms with Crippen molar-refractivity contribution in [1.29, 1.82) is 0 Å². The molecule has 1 aliphatic carbocycles. The van der Waals surface area contributed by atoms with Gasteiger partial charge in [0.15, 0.2) is 0 Å². The maximum Gasteiger partial charge on any atom is 0.242 e. The molecule has 2 aromatic rings. The number of amides is 2. The molecule has 2 aliphatic heterocycles. The first-order chi connectivity index (χ1) is 15.6. The predicted octanol–water partition coefficient (Wildman–Crippen LogP) is 3.14. The Balaban J connectivity index is 1.32. The third kappa shape index (κ3) is 3.77. The second-order valence-electron chi connectivity index (χ2n) is 9.19. The minimum absolute atomic E-state index is 0.0232. The molecule has 0 spiro atoms. The first kappa shape index (κ1) is 21.0. The molecule has 5 rings (SSSR count). The summed E-state index contributed by atoms with van der Waals surface area (Å²) in [5, 5.41) is 0. The minimum atomic E-state index is -0.565. The Morgan fingerprint density at radius 2 is 1.75 bits per heavy atom. The number of piperazine rings is 1. The van der Waals surface area contributed by atoms with Gasteiger partial charge < -0.3 is 14.5 Å². The van der Waals surface area contributed by atoms with E-state index >= 15 is 0 Å². The van der Waals surface area contributed by atoms with Crippen molar-refractivity contribution < 1.29 is 14.3 Å². The van der Waals surface area contributed by atoms with Gasteiger partial charge in [-0.1, -0.05) is 43.3 Å². The highest BCUT2D eigenvalue weighted by atomic mass is 16.5. The first-order valence-corrected chi connectivity index (χ1v) is 11.7. The SMILES string of the molecule is CCCN1CCN(C(=O)CN2C(=O)[C@@]3(COc4ccccc4)C[C@H]3c3ccccc32)CC1. The van der Waals surface area contributed by atoms with Crippen LogP contribution < -0.4 is 9.64 Å². The topological polar surface area (TPSA) is 53.1 Å². The van der Waals surface area contributed by atoms with Crippen LogP contribution in [0.2, 0.25) is 0 Å². The van der Waals surface area contributed by atoms with Crippen molar-refractivity contribution in [3.63, 3.8) is 0 Å². The van der Waals surface area contributed by atoms with Crippen molar-refractivity contribution in [2.75, 3.05) is 50.8 Å². The number of hydrogen-bond donors (Lipinski definition) is 0. The normalized spacial score (nSPS) is 24.7. The van der Waals surface area contributed by atoms with Gasteiger partial charge >= 0.3 is 0 Å². The van der Waals surface area contributed by atoms with Crippen molar-refractivity contribution in [1.82, 2.24) is 9.80 Å². The largest absolute Gasteiger partial charge is 0.492 e. The number of hydrogen-bond acceptors (Lipinski definition) is 4. The van der Waals surface area contributed by atoms with Gasteiger partial charge in [-0.25, -0.2) is 0 Å². The van der Waals surface area contributed by atoms with Gasteiger partial charge in [0.2, 0.25) is 11.8 Å². The molecule has 1 saturated heterocycles. The summed E-state index contributed by atoms with van der Waals surface area (Å²) in [4.78, 5) is 32.9. The molecular formula is C26H31N3O3. The van der Waals surface area contributed by atoms with Crippen LogP contribution in [-0.2, 0) is 9.59 Å². The fourth-order valence-electron chi connectivity index (χ4n) is 5.23. The van der Waals surface area contributed by atoms with E-state index in [0.29, 0.717) is 6.61 Å². The maximum absolute atomic E-state index is 13.7. The average molecular weight is 434 g/mol. The van der Waals surface area contributed by atoms with Gasteiger partial charge in [0, 0.05) is 37.8 Å². The molecule has 0 bridgehead atoms. The van der Waals surface area contributed by atoms with E-state index in [9.17, 15) is 9.59 Å². The molecule has 2 aromatic carbocycles. The molecule has 2 fully saturated rings. The zero-order chi connectivity index (χ0) is 22.1. The number of rotatable bonds is 7. The minimum Gasteiger partial charge on any atom is -0.492 e. The zero-order valence-corrected chi connectivity index (χ0v) is 18.7. The number of fused-ring (bicyclic) bond motifs is 3. The van der Waals surface area contributed by atoms with Crippen LogP contribution in [0.3, 0.4) is 0 Å². The Morgan fingerprint density at radius 3 is 2.50 bits per heavy atom. The molecule has 2 amide bonds. The second kappa shape index (κ2) is 8.58. The van der Waals surface area contributed by atoms with Gasteiger partial charge in [-0.15, -0.1) is 0 Å². The van der Waals surface area contributed by atoms with Gasteiger partial charge in [0.1, 0.15) is 18.9 Å². The number of anilines is 1. The molecule has 3 aliphatic rings. The number of nitrogens with zero attached hydrogens (tertiary/aromatic N) is 3. The molecule has 2 atom stereocenters. The number of carbonyl (C=O) groups is 2. The van der Waals surface area contributed by atoms with Gasteiger partial charge in [-0.2, -0.15) is 0 Å². The Labute approximate surface area is 189 Å². The lowest BCUT2D eigenvalue weighted by molar-refractivity contribution is -0.134. The van der Waals surface area contributed by atoms with Gasteiger partial charge in [0.25, 0.3) is 0 Å². The van der Waals surface area contributed by atoms with Crippen molar-refractivity contribution in [2.24, 2.45) is 5.41 Å². The summed E-state index contributed by atoms with van der Waals surface area (Å²) >= 11 is 0. The lowest BCUT2D eigenvalue weighted by Crippen LogP contribution is -2.53. The molecular weight excluding hydrogens is 402 g/mol. The van der Waals surface area contributed by atoms with E-state index in [1.807, 2.05) is 53.4 Å². The highest BCUT2D eigenvalue weighted by Gasteiger charge is 2.66. The van der Waals surface area contributed by atoms with Crippen LogP contribution in [-0.4, -0.2) is 67.5 Å². The monoisotopic (exact) mass is 433 g/mol. The summed E-state index contributed by atoms with van der Waals surface area (Å²) in [6.07, 6.45) is 1.90. The molecule has 1 saturated carbocycles. The van der Waals surface area contributed by atoms with Crippen molar-refractivity contribution >= 4 is 17.5 Å². The summed E-state index contributed by atoms with van der Waals surface area (Å²) in [5.74, 6) is 0.989. The number of ether oxygens (including phenoxy) is 1. The lowest BCUT2D eigenvalue weighted by Gasteiger charge is -2.38. The predicted molar refractivity (Wildman–Crippen MR) is 124 cm³/mol. The Morgan fingerprint density at radius 1 is 1.03 bits per heavy atom. The molecule has 0 unspecified atom stereocenters. The van der Waals surface area contributed by atoms with E-state index < -0.39 is 5.41 Å². The van der Waals surface area contributed by atoms with Gasteiger partial charge in [-0.05, 0) is 43.1 Å². The van der Waals surface area contributed by atoms with Crippen LogP contribution in [0.15, 0.2) is 54.6 Å². The van der Waals surface area contributed by atoms with Gasteiger partial charge in [0.05, 0.1) is 5.41 Å². The van der Waals surface area contributed by atoms with Crippen LogP contribution >= 0.6 is 0 Å². The Hall–Kier alpha value is -2.86. The summed E-state index contributed by atoms with van der Waals surface area (Å²) in [6, 6.07) is 17.7. The Bertz CT molecular complexity index is 987. The standard InChI is InChI=1S/C26H31N3O3/c1-2-12-27-13-15-28(16-14-27)24(30)18-29-23-11-7-6-10-21(23)22-17-26(22,25(29)31)19-32-20-8-4-3-5-9-20/h3-11,22H,2,12-19H2,1H3/t22-,26+/m0/s1. The van der Waals surface area contributed by atoms with Crippen LogP contribution in [0.1, 0.15) is 31.2 Å². The molecule has 2 heterocycles. The first-order valence-electron chi connectivity index (χ1n) is 11.7. The highest BCUT2D eigenvalue weighted by molar-refractivity contribution is 6.07. The third-order valence-electron chi connectivity index (χ3n) is 7.15. The van der Waals surface area contributed by atoms with E-state index in [-0.39, 0.29) is 24.3 Å². The van der Waals surface area contributed by atoms with Crippen molar-refractivity contribution in [2.45, 2.75) is 25.7 Å². The number of carbonyl (C=O) groups excluding carboxylic acids is 2. The number of para-hydroxylation sites is 2. The third-order valence-corrected chi connectivity index (χ3v) is 7.15. The molecule has 0 aromatic heterocycles. The van der Waals surface area contributed by atoms with Gasteiger partial charge in [-0.3, -0.25) is 14.5 Å². The lowest BCUT2D eigenvalue weighted by atomic mass is 9.92. The quantitative estimate of drug-likeness (QED) is 0.673. The number of benzene rings is 2. The zero-order valence-electron chi connectivity index (χ0n) is 18.7. The van der Waals surface area contributed by atoms with Crippen LogP contribution in [0.25, 0.3) is 0 Å². The fourth-order valence-corrected chi connectivity index (χ4v) is 5.23. The molecule has 6 nitrogen and oxygen atoms in total. The smallest absolute Gasteiger partial charge is 0.242 e. The average Bonchev–Trinajstić information content (AvgIpc) is 3.58. The summed E-state index contributed by atoms with van der Waals surface area (Å²) in [6.45, 7) is 6.96. The van der Waals surface area contributed by atoms with E-state index in [0.717, 1.165) is 62.6 Å². The van der Waals surface area contributed by atoms with Crippen LogP contribution in [0.4, 0.5) is 5.69 Å². The molecule has 168 valence electrons. The molecule has 0 radical (unpaired) electrons. The van der Waals surface area contributed by atoms with Crippen LogP contribution in [0.5, 0.6) is 5.75 Å². The molecule has 0 N–H and O–H groups in total. The highest BCUT2D eigenvalue weighted by Crippen LogP contribution is 2.65. The molecule has 6 heteroatoms. The Kier molecular flexibility index (Phi) is 5.64. The van der Waals surface area contributed by atoms with E-state index in [1.54, 1.807) is 4.90 Å². The van der Waals surface area contributed by atoms with Crippen molar-refractivity contribution in [3.05, 3.63) is 60.2 Å². The fraction of sp³-hybridized carbons (Fsp3) is 0.462. The summed E-state index contributed by atoms with van der Waals surface area (Å²) in [5.41, 5.74) is 1.47. The van der Waals surface area contributed by atoms with E-state index in [4.69, 9.17) is 4.74 Å².